The van der Waals surface area contributed by atoms with Crippen molar-refractivity contribution in [3.05, 3.63) is 35.9 Å². The van der Waals surface area contributed by atoms with Crippen LogP contribution in [0.5, 0.6) is 0 Å². The van der Waals surface area contributed by atoms with Crippen LogP contribution in [0.2, 0.25) is 0 Å². The number of hydrogen-bond donors (Lipinski definition) is 0. The first-order chi connectivity index (χ1) is 5.83. The normalized spacial score (nSPS) is 13.5. The maximum absolute atomic E-state index is 12.0. The van der Waals surface area contributed by atoms with Crippen molar-refractivity contribution in [3.8, 4) is 0 Å². The minimum atomic E-state index is -0.399. The highest BCUT2D eigenvalue weighted by Gasteiger charge is 1.93. The van der Waals surface area contributed by atoms with Gasteiger partial charge in [0, 0.05) is 6.21 Å². The van der Waals surface area contributed by atoms with E-state index in [4.69, 9.17) is 0 Å². The summed E-state index contributed by atoms with van der Waals surface area (Å²) in [5.74, 6) is 0. The molecule has 0 aliphatic carbocycles. The first kappa shape index (κ1) is 8.91. The molecular formula is C10H12FN. The van der Waals surface area contributed by atoms with Crippen molar-refractivity contribution in [2.45, 2.75) is 13.0 Å². The van der Waals surface area contributed by atoms with E-state index < -0.39 is 6.67 Å². The van der Waals surface area contributed by atoms with Gasteiger partial charge in [0.1, 0.15) is 6.67 Å². The Balaban J connectivity index is 2.58. The molecular weight excluding hydrogens is 153 g/mol. The van der Waals surface area contributed by atoms with Crippen LogP contribution in [0.3, 0.4) is 0 Å². The van der Waals surface area contributed by atoms with Gasteiger partial charge in [-0.2, -0.15) is 0 Å². The van der Waals surface area contributed by atoms with Crippen LogP contribution in [0.4, 0.5) is 4.39 Å². The monoisotopic (exact) mass is 165 g/mol. The SMILES string of the molecule is CC(CF)N=Cc1ccccc1. The zero-order valence-electron chi connectivity index (χ0n) is 7.07. The van der Waals surface area contributed by atoms with Crippen LogP contribution in [-0.4, -0.2) is 18.9 Å². The topological polar surface area (TPSA) is 12.4 Å². The third-order valence-corrected chi connectivity index (χ3v) is 1.50. The second-order valence-corrected chi connectivity index (χ2v) is 2.69. The zero-order valence-corrected chi connectivity index (χ0v) is 7.07. The molecule has 0 N–H and O–H groups in total. The van der Waals surface area contributed by atoms with Gasteiger partial charge in [0.25, 0.3) is 0 Å². The van der Waals surface area contributed by atoms with Gasteiger partial charge < -0.3 is 0 Å². The predicted molar refractivity (Wildman–Crippen MR) is 49.5 cm³/mol. The summed E-state index contributed by atoms with van der Waals surface area (Å²) in [5, 5.41) is 0. The van der Waals surface area contributed by atoms with Gasteiger partial charge in [0.2, 0.25) is 0 Å². The maximum atomic E-state index is 12.0. The number of rotatable bonds is 3. The Morgan fingerprint density at radius 1 is 1.42 bits per heavy atom. The van der Waals surface area contributed by atoms with Crippen LogP contribution in [0.1, 0.15) is 12.5 Å². The van der Waals surface area contributed by atoms with Gasteiger partial charge in [-0.25, -0.2) is 4.39 Å². The van der Waals surface area contributed by atoms with Gasteiger partial charge in [-0.3, -0.25) is 4.99 Å². The van der Waals surface area contributed by atoms with Gasteiger partial charge >= 0.3 is 0 Å². The molecule has 0 bridgehead atoms. The van der Waals surface area contributed by atoms with E-state index in [-0.39, 0.29) is 6.04 Å². The lowest BCUT2D eigenvalue weighted by molar-refractivity contribution is 0.447. The van der Waals surface area contributed by atoms with Gasteiger partial charge in [0.05, 0.1) is 6.04 Å². The van der Waals surface area contributed by atoms with Crippen LogP contribution in [0.25, 0.3) is 0 Å². The molecule has 1 aromatic rings. The number of hydrogen-bond acceptors (Lipinski definition) is 1. The average molecular weight is 165 g/mol. The number of benzene rings is 1. The molecule has 1 nitrogen and oxygen atoms in total. The fourth-order valence-electron chi connectivity index (χ4n) is 0.792. The molecule has 1 unspecified atom stereocenters. The quantitative estimate of drug-likeness (QED) is 0.610. The molecule has 0 amide bonds. The minimum Gasteiger partial charge on any atom is -0.287 e. The summed E-state index contributed by atoms with van der Waals surface area (Å²) in [5.41, 5.74) is 1.01. The Hall–Kier alpha value is -1.18. The van der Waals surface area contributed by atoms with Crippen molar-refractivity contribution in [2.24, 2.45) is 4.99 Å². The smallest absolute Gasteiger partial charge is 0.111 e. The molecule has 0 radical (unpaired) electrons. The highest BCUT2D eigenvalue weighted by atomic mass is 19.1. The molecule has 0 saturated heterocycles. The number of alkyl halides is 1. The Bertz CT molecular complexity index is 243. The summed E-state index contributed by atoms with van der Waals surface area (Å²) < 4.78 is 12.0. The van der Waals surface area contributed by atoms with Crippen LogP contribution in [-0.2, 0) is 0 Å². The number of nitrogens with zero attached hydrogens (tertiary/aromatic N) is 1. The highest BCUT2D eigenvalue weighted by molar-refractivity contribution is 5.79. The van der Waals surface area contributed by atoms with E-state index >= 15 is 0 Å². The van der Waals surface area contributed by atoms with Gasteiger partial charge in [0.15, 0.2) is 0 Å². The van der Waals surface area contributed by atoms with Crippen LogP contribution in [0.15, 0.2) is 35.3 Å². The van der Waals surface area contributed by atoms with Crippen molar-refractivity contribution in [3.63, 3.8) is 0 Å². The van der Waals surface area contributed by atoms with Crippen molar-refractivity contribution in [1.29, 1.82) is 0 Å². The molecule has 12 heavy (non-hydrogen) atoms. The molecule has 0 aliphatic rings. The van der Waals surface area contributed by atoms with E-state index in [2.05, 4.69) is 4.99 Å². The average Bonchev–Trinajstić information content (AvgIpc) is 2.16. The Morgan fingerprint density at radius 3 is 2.67 bits per heavy atom. The fourth-order valence-corrected chi connectivity index (χ4v) is 0.792. The molecule has 0 aliphatic heterocycles. The molecule has 64 valence electrons. The molecule has 0 heterocycles. The first-order valence-corrected chi connectivity index (χ1v) is 3.97. The standard InChI is InChI=1S/C10H12FN/c1-9(7-11)12-8-10-5-3-2-4-6-10/h2-6,8-9H,7H2,1H3. The zero-order chi connectivity index (χ0) is 8.81. The Morgan fingerprint density at radius 2 is 2.08 bits per heavy atom. The van der Waals surface area contributed by atoms with E-state index in [0.29, 0.717) is 0 Å². The van der Waals surface area contributed by atoms with Crippen LogP contribution in [0, 0.1) is 0 Å². The van der Waals surface area contributed by atoms with Gasteiger partial charge in [-0.05, 0) is 12.5 Å². The Labute approximate surface area is 72.0 Å². The second-order valence-electron chi connectivity index (χ2n) is 2.69. The van der Waals surface area contributed by atoms with Crippen molar-refractivity contribution in [1.82, 2.24) is 0 Å². The van der Waals surface area contributed by atoms with Crippen LogP contribution < -0.4 is 0 Å². The van der Waals surface area contributed by atoms with E-state index in [0.717, 1.165) is 5.56 Å². The lowest BCUT2D eigenvalue weighted by Gasteiger charge is -1.97. The molecule has 2 heteroatoms. The van der Waals surface area contributed by atoms with E-state index in [1.807, 2.05) is 30.3 Å². The summed E-state index contributed by atoms with van der Waals surface area (Å²) in [6, 6.07) is 9.45. The lowest BCUT2D eigenvalue weighted by Crippen LogP contribution is -2.00. The highest BCUT2D eigenvalue weighted by Crippen LogP contribution is 1.96. The van der Waals surface area contributed by atoms with Crippen molar-refractivity contribution in [2.75, 3.05) is 6.67 Å². The van der Waals surface area contributed by atoms with E-state index in [1.54, 1.807) is 13.1 Å². The number of halogens is 1. The molecule has 0 spiro atoms. The molecule has 1 aromatic carbocycles. The summed E-state index contributed by atoms with van der Waals surface area (Å²) in [6.45, 7) is 1.35. The second kappa shape index (κ2) is 4.65. The van der Waals surface area contributed by atoms with Gasteiger partial charge in [-0.1, -0.05) is 30.3 Å². The number of aliphatic imine (C=N–C) groups is 1. The molecule has 0 saturated carbocycles. The summed E-state index contributed by atoms with van der Waals surface area (Å²) in [7, 11) is 0. The van der Waals surface area contributed by atoms with Crippen molar-refractivity contribution >= 4 is 6.21 Å². The molecule has 1 rings (SSSR count). The van der Waals surface area contributed by atoms with E-state index in [9.17, 15) is 4.39 Å². The van der Waals surface area contributed by atoms with Gasteiger partial charge in [-0.15, -0.1) is 0 Å². The lowest BCUT2D eigenvalue weighted by atomic mass is 10.2. The third-order valence-electron chi connectivity index (χ3n) is 1.50. The first-order valence-electron chi connectivity index (χ1n) is 3.97. The van der Waals surface area contributed by atoms with E-state index in [1.165, 1.54) is 0 Å². The minimum absolute atomic E-state index is 0.231. The molecule has 0 fully saturated rings. The summed E-state index contributed by atoms with van der Waals surface area (Å²) in [6.07, 6.45) is 1.70. The fraction of sp³-hybridized carbons (Fsp3) is 0.300. The third kappa shape index (κ3) is 2.82. The summed E-state index contributed by atoms with van der Waals surface area (Å²) in [4.78, 5) is 4.01. The largest absolute Gasteiger partial charge is 0.287 e. The Kier molecular flexibility index (Phi) is 3.45. The van der Waals surface area contributed by atoms with Crippen molar-refractivity contribution < 1.29 is 4.39 Å². The van der Waals surface area contributed by atoms with Crippen LogP contribution >= 0.6 is 0 Å². The predicted octanol–water partition coefficient (Wildman–Crippen LogP) is 2.46. The molecule has 0 aromatic heterocycles. The summed E-state index contributed by atoms with van der Waals surface area (Å²) >= 11 is 0. The maximum Gasteiger partial charge on any atom is 0.111 e. The molecule has 1 atom stereocenters.